The zero-order valence-corrected chi connectivity index (χ0v) is 17.5. The summed E-state index contributed by atoms with van der Waals surface area (Å²) in [5.74, 6) is 0.517. The molecule has 0 unspecified atom stereocenters. The fraction of sp³-hybridized carbons (Fsp3) is 0.737. The average Bonchev–Trinajstić information content (AvgIpc) is 3.30. The number of nitrogen functional groups attached to an aromatic ring is 1. The number of aromatic nitrogens is 4. The number of aryl methyl sites for hydroxylation is 1. The standard InChI is InChI=1S/C19H31N7O3/c1-5-12-24-13-16(21)22-10-23-17(13)26(12)18-15-14(28-19(2,3)29-15)11(27-18)9-25(4)8-6-7-20/h10-11,14-15,18H,5-9,20H2,1-4H3,(H2,21,22,23)/t11-,14-,15-,18-/m1/s1. The highest BCUT2D eigenvalue weighted by Gasteiger charge is 2.56. The van der Waals surface area contributed by atoms with Crippen LogP contribution in [0.3, 0.4) is 0 Å². The number of ether oxygens (including phenoxy) is 3. The summed E-state index contributed by atoms with van der Waals surface area (Å²) < 4.78 is 21.0. The summed E-state index contributed by atoms with van der Waals surface area (Å²) in [4.78, 5) is 15.4. The lowest BCUT2D eigenvalue weighted by Gasteiger charge is -2.27. The van der Waals surface area contributed by atoms with Crippen LogP contribution in [0.1, 0.15) is 39.2 Å². The molecule has 29 heavy (non-hydrogen) atoms. The van der Waals surface area contributed by atoms with Crippen molar-refractivity contribution in [2.45, 2.75) is 63.9 Å². The minimum Gasteiger partial charge on any atom is -0.382 e. The summed E-state index contributed by atoms with van der Waals surface area (Å²) in [5.41, 5.74) is 12.9. The quantitative estimate of drug-likeness (QED) is 0.683. The zero-order valence-electron chi connectivity index (χ0n) is 17.5. The molecule has 2 saturated heterocycles. The number of likely N-dealkylation sites (N-methyl/N-ethyl adjacent to an activating group) is 1. The van der Waals surface area contributed by atoms with Gasteiger partial charge in [-0.1, -0.05) is 6.92 Å². The highest BCUT2D eigenvalue weighted by atomic mass is 16.8. The number of nitrogens with zero attached hydrogens (tertiary/aromatic N) is 5. The van der Waals surface area contributed by atoms with Gasteiger partial charge in [0.2, 0.25) is 0 Å². The van der Waals surface area contributed by atoms with E-state index in [0.717, 1.165) is 25.3 Å². The van der Waals surface area contributed by atoms with Crippen molar-refractivity contribution < 1.29 is 14.2 Å². The third-order valence-corrected chi connectivity index (χ3v) is 5.51. The van der Waals surface area contributed by atoms with Crippen molar-refractivity contribution in [3.8, 4) is 0 Å². The van der Waals surface area contributed by atoms with Gasteiger partial charge < -0.3 is 30.6 Å². The van der Waals surface area contributed by atoms with E-state index < -0.39 is 12.0 Å². The van der Waals surface area contributed by atoms with Crippen LogP contribution in [0, 0.1) is 0 Å². The highest BCUT2D eigenvalue weighted by molar-refractivity contribution is 5.81. The van der Waals surface area contributed by atoms with E-state index in [4.69, 9.17) is 25.7 Å². The van der Waals surface area contributed by atoms with Gasteiger partial charge in [-0.25, -0.2) is 15.0 Å². The maximum atomic E-state index is 6.51. The number of nitrogens with two attached hydrogens (primary N) is 2. The second-order valence-electron chi connectivity index (χ2n) is 8.22. The van der Waals surface area contributed by atoms with Crippen LogP contribution in [0.2, 0.25) is 0 Å². The van der Waals surface area contributed by atoms with E-state index in [-0.39, 0.29) is 18.3 Å². The van der Waals surface area contributed by atoms with Crippen LogP contribution in [0.15, 0.2) is 6.33 Å². The van der Waals surface area contributed by atoms with Crippen molar-refractivity contribution in [2.75, 3.05) is 32.4 Å². The maximum Gasteiger partial charge on any atom is 0.167 e. The minimum atomic E-state index is -0.678. The van der Waals surface area contributed by atoms with Crippen LogP contribution < -0.4 is 11.5 Å². The highest BCUT2D eigenvalue weighted by Crippen LogP contribution is 2.44. The van der Waals surface area contributed by atoms with E-state index in [0.29, 0.717) is 29.9 Å². The molecule has 10 heteroatoms. The smallest absolute Gasteiger partial charge is 0.167 e. The van der Waals surface area contributed by atoms with Crippen molar-refractivity contribution in [1.29, 1.82) is 0 Å². The lowest BCUT2D eigenvalue weighted by atomic mass is 10.1. The Morgan fingerprint density at radius 3 is 2.72 bits per heavy atom. The topological polar surface area (TPSA) is 127 Å². The molecule has 0 aliphatic carbocycles. The normalized spacial score (nSPS) is 28.5. The number of anilines is 1. The van der Waals surface area contributed by atoms with Crippen LogP contribution in [0.5, 0.6) is 0 Å². The Labute approximate surface area is 170 Å². The monoisotopic (exact) mass is 405 g/mol. The van der Waals surface area contributed by atoms with E-state index in [1.807, 2.05) is 25.3 Å². The summed E-state index contributed by atoms with van der Waals surface area (Å²) in [7, 11) is 2.07. The van der Waals surface area contributed by atoms with Crippen molar-refractivity contribution in [3.05, 3.63) is 12.2 Å². The van der Waals surface area contributed by atoms with Crippen molar-refractivity contribution in [3.63, 3.8) is 0 Å². The van der Waals surface area contributed by atoms with E-state index in [1.165, 1.54) is 6.33 Å². The summed E-state index contributed by atoms with van der Waals surface area (Å²) in [5, 5.41) is 0. The summed E-state index contributed by atoms with van der Waals surface area (Å²) in [6, 6.07) is 0. The largest absolute Gasteiger partial charge is 0.382 e. The Balaban J connectivity index is 1.69. The summed E-state index contributed by atoms with van der Waals surface area (Å²) >= 11 is 0. The van der Waals surface area contributed by atoms with Crippen LogP contribution in [-0.4, -0.2) is 75.2 Å². The Morgan fingerprint density at radius 2 is 2.00 bits per heavy atom. The molecule has 4 atom stereocenters. The van der Waals surface area contributed by atoms with Crippen LogP contribution in [0.4, 0.5) is 5.82 Å². The van der Waals surface area contributed by atoms with Crippen LogP contribution >= 0.6 is 0 Å². The number of fused-ring (bicyclic) bond motifs is 2. The third-order valence-electron chi connectivity index (χ3n) is 5.51. The van der Waals surface area contributed by atoms with E-state index in [1.54, 1.807) is 0 Å². The fourth-order valence-electron chi connectivity index (χ4n) is 4.26. The lowest BCUT2D eigenvalue weighted by molar-refractivity contribution is -0.197. The number of imidazole rings is 1. The maximum absolute atomic E-state index is 6.51. The number of hydrogen-bond acceptors (Lipinski definition) is 9. The molecule has 4 rings (SSSR count). The first-order valence-corrected chi connectivity index (χ1v) is 10.2. The van der Waals surface area contributed by atoms with Crippen LogP contribution in [0.25, 0.3) is 11.2 Å². The van der Waals surface area contributed by atoms with E-state index in [9.17, 15) is 0 Å². The first-order valence-electron chi connectivity index (χ1n) is 10.2. The lowest BCUT2D eigenvalue weighted by Crippen LogP contribution is -2.39. The van der Waals surface area contributed by atoms with Crippen LogP contribution in [-0.2, 0) is 20.6 Å². The molecule has 0 amide bonds. The average molecular weight is 406 g/mol. The Bertz CT molecular complexity index is 871. The first kappa shape index (κ1) is 20.4. The molecule has 0 saturated carbocycles. The molecule has 2 fully saturated rings. The SMILES string of the molecule is CCc1nc2c(N)ncnc2n1[C@@H]1O[C@H](CN(C)CCCN)[C@H]2OC(C)(C)O[C@H]21. The molecule has 0 radical (unpaired) electrons. The van der Waals surface area contributed by atoms with Gasteiger partial charge in [-0.05, 0) is 40.4 Å². The second-order valence-corrected chi connectivity index (χ2v) is 8.22. The zero-order chi connectivity index (χ0) is 20.8. The van der Waals surface area contributed by atoms with Gasteiger partial charge in [0, 0.05) is 13.0 Å². The molecule has 4 N–H and O–H groups in total. The molecule has 0 spiro atoms. The molecule has 2 aromatic rings. The molecule has 0 bridgehead atoms. The van der Waals surface area contributed by atoms with Gasteiger partial charge in [-0.2, -0.15) is 0 Å². The number of rotatable bonds is 7. The summed E-state index contributed by atoms with van der Waals surface area (Å²) in [6.45, 7) is 8.21. The van der Waals surface area contributed by atoms with Gasteiger partial charge in [-0.3, -0.25) is 4.57 Å². The molecular weight excluding hydrogens is 374 g/mol. The van der Waals surface area contributed by atoms with Crippen molar-refractivity contribution >= 4 is 17.0 Å². The van der Waals surface area contributed by atoms with E-state index in [2.05, 4.69) is 26.9 Å². The minimum absolute atomic E-state index is 0.143. The molecule has 160 valence electrons. The predicted molar refractivity (Wildman–Crippen MR) is 108 cm³/mol. The molecular formula is C19H31N7O3. The summed E-state index contributed by atoms with van der Waals surface area (Å²) in [6.07, 6.45) is 2.10. The predicted octanol–water partition coefficient (Wildman–Crippen LogP) is 0.669. The van der Waals surface area contributed by atoms with Gasteiger partial charge in [0.25, 0.3) is 0 Å². The molecule has 2 aliphatic rings. The second kappa shape index (κ2) is 7.77. The van der Waals surface area contributed by atoms with E-state index >= 15 is 0 Å². The molecule has 2 aromatic heterocycles. The number of hydrogen-bond donors (Lipinski definition) is 2. The Hall–Kier alpha value is -1.85. The van der Waals surface area contributed by atoms with Gasteiger partial charge >= 0.3 is 0 Å². The van der Waals surface area contributed by atoms with Gasteiger partial charge in [0.1, 0.15) is 30.5 Å². The molecule has 4 heterocycles. The third kappa shape index (κ3) is 3.71. The van der Waals surface area contributed by atoms with Gasteiger partial charge in [0.05, 0.1) is 0 Å². The van der Waals surface area contributed by atoms with Crippen molar-refractivity contribution in [1.82, 2.24) is 24.4 Å². The first-order chi connectivity index (χ1) is 13.8. The molecule has 10 nitrogen and oxygen atoms in total. The van der Waals surface area contributed by atoms with Gasteiger partial charge in [0.15, 0.2) is 29.0 Å². The van der Waals surface area contributed by atoms with Crippen molar-refractivity contribution in [2.24, 2.45) is 5.73 Å². The Morgan fingerprint density at radius 1 is 1.24 bits per heavy atom. The fourth-order valence-corrected chi connectivity index (χ4v) is 4.26. The molecule has 2 aliphatic heterocycles. The van der Waals surface area contributed by atoms with Gasteiger partial charge in [-0.15, -0.1) is 0 Å². The molecule has 0 aromatic carbocycles. The Kier molecular flexibility index (Phi) is 5.47.